The molecule has 0 aromatic heterocycles. The van der Waals surface area contributed by atoms with Gasteiger partial charge in [0.2, 0.25) is 0 Å². The molecular formula is C13H26O4. The van der Waals surface area contributed by atoms with Crippen molar-refractivity contribution in [1.29, 1.82) is 0 Å². The Labute approximate surface area is 104 Å². The van der Waals surface area contributed by atoms with Crippen molar-refractivity contribution in [2.24, 2.45) is 0 Å². The highest BCUT2D eigenvalue weighted by Gasteiger charge is 2.24. The smallest absolute Gasteiger partial charge is 0.160 e. The topological polar surface area (TPSA) is 47.9 Å². The molecule has 1 fully saturated rings. The van der Waals surface area contributed by atoms with E-state index >= 15 is 0 Å². The molecule has 0 radical (unpaired) electrons. The highest BCUT2D eigenvalue weighted by atomic mass is 16.7. The van der Waals surface area contributed by atoms with Crippen molar-refractivity contribution in [3.63, 3.8) is 0 Å². The van der Waals surface area contributed by atoms with Crippen molar-refractivity contribution in [2.45, 2.75) is 64.4 Å². The Kier molecular flexibility index (Phi) is 7.77. The van der Waals surface area contributed by atoms with Gasteiger partial charge in [-0.2, -0.15) is 0 Å². The second-order valence-corrected chi connectivity index (χ2v) is 4.65. The van der Waals surface area contributed by atoms with Crippen LogP contribution in [0.3, 0.4) is 0 Å². The maximum Gasteiger partial charge on any atom is 0.160 e. The van der Waals surface area contributed by atoms with Crippen LogP contribution in [0.25, 0.3) is 0 Å². The summed E-state index contributed by atoms with van der Waals surface area (Å²) >= 11 is 0. The molecule has 1 N–H and O–H groups in total. The fraction of sp³-hybridized carbons (Fsp3) is 1.00. The number of aliphatic hydroxyl groups excluding tert-OH is 1. The maximum absolute atomic E-state index is 9.03. The van der Waals surface area contributed by atoms with Gasteiger partial charge in [-0.25, -0.2) is 0 Å². The molecule has 0 aromatic rings. The third-order valence-electron chi connectivity index (χ3n) is 2.97. The monoisotopic (exact) mass is 246 g/mol. The summed E-state index contributed by atoms with van der Waals surface area (Å²) in [7, 11) is 0. The van der Waals surface area contributed by atoms with E-state index in [-0.39, 0.29) is 25.1 Å². The first-order chi connectivity index (χ1) is 8.26. The third kappa shape index (κ3) is 6.36. The van der Waals surface area contributed by atoms with Crippen molar-refractivity contribution in [1.82, 2.24) is 0 Å². The van der Waals surface area contributed by atoms with E-state index in [0.717, 1.165) is 25.9 Å². The minimum absolute atomic E-state index is 0.0685. The molecule has 1 aliphatic rings. The Morgan fingerprint density at radius 1 is 1.41 bits per heavy atom. The molecule has 3 atom stereocenters. The Hall–Kier alpha value is -0.160. The van der Waals surface area contributed by atoms with Gasteiger partial charge in [0.1, 0.15) is 0 Å². The average Bonchev–Trinajstić information content (AvgIpc) is 2.35. The number of hydrogen-bond acceptors (Lipinski definition) is 4. The lowest BCUT2D eigenvalue weighted by Crippen LogP contribution is -2.36. The van der Waals surface area contributed by atoms with Crippen molar-refractivity contribution in [3.8, 4) is 0 Å². The first-order valence-electron chi connectivity index (χ1n) is 6.75. The van der Waals surface area contributed by atoms with Crippen LogP contribution in [0.5, 0.6) is 0 Å². The minimum atomic E-state index is -0.220. The van der Waals surface area contributed by atoms with E-state index in [1.165, 1.54) is 12.8 Å². The van der Waals surface area contributed by atoms with Crippen molar-refractivity contribution >= 4 is 0 Å². The SMILES string of the molecule is CCCCCOC(C)C[C@H]1OCC[C@H](CO)O1. The molecule has 1 rings (SSSR count). The molecule has 0 bridgehead atoms. The predicted octanol–water partition coefficient (Wildman–Crippen LogP) is 2.10. The number of hydrogen-bond donors (Lipinski definition) is 1. The van der Waals surface area contributed by atoms with Crippen LogP contribution in [0, 0.1) is 0 Å². The Morgan fingerprint density at radius 3 is 2.94 bits per heavy atom. The molecule has 0 amide bonds. The highest BCUT2D eigenvalue weighted by molar-refractivity contribution is 4.65. The Balaban J connectivity index is 2.10. The van der Waals surface area contributed by atoms with E-state index in [1.54, 1.807) is 0 Å². The van der Waals surface area contributed by atoms with Crippen LogP contribution < -0.4 is 0 Å². The standard InChI is InChI=1S/C13H26O4/c1-3-4-5-7-15-11(2)9-13-16-8-6-12(10-14)17-13/h11-14H,3-10H2,1-2H3/t11?,12-,13+/m1/s1. The molecule has 102 valence electrons. The summed E-state index contributed by atoms with van der Waals surface area (Å²) in [6.07, 6.45) is 4.92. The summed E-state index contributed by atoms with van der Waals surface area (Å²) in [4.78, 5) is 0. The van der Waals surface area contributed by atoms with Crippen molar-refractivity contribution in [3.05, 3.63) is 0 Å². The first kappa shape index (κ1) is 14.9. The van der Waals surface area contributed by atoms with Crippen LogP contribution in [0.2, 0.25) is 0 Å². The maximum atomic E-state index is 9.03. The van der Waals surface area contributed by atoms with Gasteiger partial charge in [-0.05, 0) is 19.8 Å². The van der Waals surface area contributed by atoms with E-state index in [2.05, 4.69) is 6.92 Å². The zero-order chi connectivity index (χ0) is 12.5. The van der Waals surface area contributed by atoms with Gasteiger partial charge in [-0.3, -0.25) is 0 Å². The molecule has 1 unspecified atom stereocenters. The van der Waals surface area contributed by atoms with Crippen LogP contribution in [-0.2, 0) is 14.2 Å². The van der Waals surface area contributed by atoms with Crippen LogP contribution >= 0.6 is 0 Å². The fourth-order valence-corrected chi connectivity index (χ4v) is 1.89. The van der Waals surface area contributed by atoms with E-state index in [4.69, 9.17) is 19.3 Å². The molecule has 0 aliphatic carbocycles. The van der Waals surface area contributed by atoms with Gasteiger partial charge in [-0.15, -0.1) is 0 Å². The van der Waals surface area contributed by atoms with Crippen LogP contribution in [-0.4, -0.2) is 43.4 Å². The minimum Gasteiger partial charge on any atom is -0.394 e. The van der Waals surface area contributed by atoms with Gasteiger partial charge in [0.15, 0.2) is 6.29 Å². The van der Waals surface area contributed by atoms with Gasteiger partial charge < -0.3 is 19.3 Å². The number of ether oxygens (including phenoxy) is 3. The zero-order valence-corrected chi connectivity index (χ0v) is 11.1. The van der Waals surface area contributed by atoms with Gasteiger partial charge in [0, 0.05) is 13.0 Å². The Bertz CT molecular complexity index is 186. The molecule has 0 spiro atoms. The van der Waals surface area contributed by atoms with Gasteiger partial charge in [0.25, 0.3) is 0 Å². The molecule has 1 aliphatic heterocycles. The van der Waals surface area contributed by atoms with Gasteiger partial charge in [-0.1, -0.05) is 19.8 Å². The second-order valence-electron chi connectivity index (χ2n) is 4.65. The summed E-state index contributed by atoms with van der Waals surface area (Å²) in [5, 5.41) is 9.03. The lowest BCUT2D eigenvalue weighted by atomic mass is 10.2. The van der Waals surface area contributed by atoms with E-state index in [9.17, 15) is 0 Å². The summed E-state index contributed by atoms with van der Waals surface area (Å²) in [6.45, 7) is 5.78. The molecule has 0 saturated carbocycles. The molecule has 1 heterocycles. The average molecular weight is 246 g/mol. The summed E-state index contributed by atoms with van der Waals surface area (Å²) in [6, 6.07) is 0. The second kappa shape index (κ2) is 8.86. The molecule has 4 heteroatoms. The molecule has 4 nitrogen and oxygen atoms in total. The molecule has 1 saturated heterocycles. The predicted molar refractivity (Wildman–Crippen MR) is 65.9 cm³/mol. The number of aliphatic hydroxyl groups is 1. The van der Waals surface area contributed by atoms with Gasteiger partial charge >= 0.3 is 0 Å². The molecule has 0 aromatic carbocycles. The van der Waals surface area contributed by atoms with Crippen molar-refractivity contribution < 1.29 is 19.3 Å². The quantitative estimate of drug-likeness (QED) is 0.666. The molecular weight excluding hydrogens is 220 g/mol. The number of rotatable bonds is 8. The summed E-state index contributed by atoms with van der Waals surface area (Å²) < 4.78 is 16.8. The summed E-state index contributed by atoms with van der Waals surface area (Å²) in [5.41, 5.74) is 0. The first-order valence-corrected chi connectivity index (χ1v) is 6.75. The fourth-order valence-electron chi connectivity index (χ4n) is 1.89. The lowest BCUT2D eigenvalue weighted by molar-refractivity contribution is -0.230. The van der Waals surface area contributed by atoms with E-state index in [1.807, 2.05) is 6.92 Å². The largest absolute Gasteiger partial charge is 0.394 e. The highest BCUT2D eigenvalue weighted by Crippen LogP contribution is 2.17. The van der Waals surface area contributed by atoms with Gasteiger partial charge in [0.05, 0.1) is 25.4 Å². The Morgan fingerprint density at radius 2 is 2.24 bits per heavy atom. The summed E-state index contributed by atoms with van der Waals surface area (Å²) in [5.74, 6) is 0. The van der Waals surface area contributed by atoms with Crippen LogP contribution in [0.4, 0.5) is 0 Å². The lowest BCUT2D eigenvalue weighted by Gasteiger charge is -2.30. The van der Waals surface area contributed by atoms with E-state index in [0.29, 0.717) is 6.61 Å². The third-order valence-corrected chi connectivity index (χ3v) is 2.97. The van der Waals surface area contributed by atoms with Crippen LogP contribution in [0.1, 0.15) is 46.0 Å². The zero-order valence-electron chi connectivity index (χ0n) is 11.1. The molecule has 17 heavy (non-hydrogen) atoms. The van der Waals surface area contributed by atoms with Crippen LogP contribution in [0.15, 0.2) is 0 Å². The number of unbranched alkanes of at least 4 members (excludes halogenated alkanes) is 2. The van der Waals surface area contributed by atoms with E-state index < -0.39 is 0 Å². The normalized spacial score (nSPS) is 27.0. The van der Waals surface area contributed by atoms with Crippen molar-refractivity contribution in [2.75, 3.05) is 19.8 Å².